The van der Waals surface area contributed by atoms with Crippen LogP contribution in [0.25, 0.3) is 0 Å². The fourth-order valence-corrected chi connectivity index (χ4v) is 0.829. The molecule has 0 aromatic carbocycles. The van der Waals surface area contributed by atoms with Crippen LogP contribution < -0.4 is 5.73 Å². The Morgan fingerprint density at radius 2 is 2.20 bits per heavy atom. The van der Waals surface area contributed by atoms with Gasteiger partial charge in [0.2, 0.25) is 0 Å². The smallest absolute Gasteiger partial charge is 0.0195 e. The molecule has 0 aromatic heterocycles. The molecule has 0 saturated carbocycles. The summed E-state index contributed by atoms with van der Waals surface area (Å²) < 4.78 is 0. The molecule has 0 amide bonds. The number of nitrogens with zero attached hydrogens (tertiary/aromatic N) is 1. The van der Waals surface area contributed by atoms with Crippen molar-refractivity contribution >= 4 is 0 Å². The summed E-state index contributed by atoms with van der Waals surface area (Å²) >= 11 is 0. The maximum atomic E-state index is 5.22. The molecule has 2 heteroatoms. The molecule has 0 aliphatic heterocycles. The summed E-state index contributed by atoms with van der Waals surface area (Å²) in [6.07, 6.45) is 4.69. The minimum Gasteiger partial charge on any atom is -0.403 e. The standard InChI is InChI=1S/C8H18N2/c1-4-8(2)7-10(3)6-5-9/h5-6,8H,4,7,9H2,1-3H3/b6-5-. The van der Waals surface area contributed by atoms with E-state index >= 15 is 0 Å². The highest BCUT2D eigenvalue weighted by atomic mass is 15.1. The summed E-state index contributed by atoms with van der Waals surface area (Å²) in [4.78, 5) is 2.11. The molecule has 1 unspecified atom stereocenters. The molecule has 60 valence electrons. The maximum Gasteiger partial charge on any atom is 0.0195 e. The fourth-order valence-electron chi connectivity index (χ4n) is 0.829. The third-order valence-corrected chi connectivity index (χ3v) is 1.64. The van der Waals surface area contributed by atoms with Crippen molar-refractivity contribution in [3.05, 3.63) is 12.4 Å². The van der Waals surface area contributed by atoms with E-state index in [1.54, 1.807) is 6.20 Å². The molecule has 2 N–H and O–H groups in total. The molecular formula is C8H18N2. The van der Waals surface area contributed by atoms with Crippen molar-refractivity contribution in [1.29, 1.82) is 0 Å². The Bertz CT molecular complexity index is 99.4. The predicted octanol–water partition coefficient (Wildman–Crippen LogP) is 1.39. The van der Waals surface area contributed by atoms with Crippen LogP contribution in [0.2, 0.25) is 0 Å². The van der Waals surface area contributed by atoms with E-state index in [0.717, 1.165) is 12.5 Å². The Balaban J connectivity index is 3.46. The van der Waals surface area contributed by atoms with E-state index in [2.05, 4.69) is 18.7 Å². The van der Waals surface area contributed by atoms with Crippen LogP contribution >= 0.6 is 0 Å². The van der Waals surface area contributed by atoms with Crippen molar-refractivity contribution in [3.63, 3.8) is 0 Å². The number of nitrogens with two attached hydrogens (primary N) is 1. The summed E-state index contributed by atoms with van der Waals surface area (Å²) in [5, 5.41) is 0. The lowest BCUT2D eigenvalue weighted by atomic mass is 10.1. The van der Waals surface area contributed by atoms with Crippen molar-refractivity contribution in [3.8, 4) is 0 Å². The van der Waals surface area contributed by atoms with E-state index < -0.39 is 0 Å². The molecule has 0 fully saturated rings. The highest BCUT2D eigenvalue weighted by Crippen LogP contribution is 2.01. The van der Waals surface area contributed by atoms with E-state index in [1.165, 1.54) is 6.42 Å². The van der Waals surface area contributed by atoms with Gasteiger partial charge in [-0.15, -0.1) is 0 Å². The van der Waals surface area contributed by atoms with Crippen LogP contribution in [0.1, 0.15) is 20.3 Å². The number of hydrogen-bond acceptors (Lipinski definition) is 2. The molecule has 1 atom stereocenters. The zero-order chi connectivity index (χ0) is 7.98. The Labute approximate surface area is 63.7 Å². The van der Waals surface area contributed by atoms with Gasteiger partial charge < -0.3 is 10.6 Å². The Hall–Kier alpha value is -0.660. The Morgan fingerprint density at radius 3 is 2.60 bits per heavy atom. The van der Waals surface area contributed by atoms with Crippen molar-refractivity contribution in [2.75, 3.05) is 13.6 Å². The van der Waals surface area contributed by atoms with Crippen LogP contribution in [0.5, 0.6) is 0 Å². The largest absolute Gasteiger partial charge is 0.403 e. The van der Waals surface area contributed by atoms with E-state index in [0.29, 0.717) is 0 Å². The van der Waals surface area contributed by atoms with Gasteiger partial charge in [0, 0.05) is 26.0 Å². The molecule has 0 spiro atoms. The fraction of sp³-hybridized carbons (Fsp3) is 0.750. The van der Waals surface area contributed by atoms with Gasteiger partial charge in [0.05, 0.1) is 0 Å². The lowest BCUT2D eigenvalue weighted by molar-refractivity contribution is 0.365. The van der Waals surface area contributed by atoms with Gasteiger partial charge in [0.1, 0.15) is 0 Å². The Morgan fingerprint density at radius 1 is 1.60 bits per heavy atom. The molecule has 10 heavy (non-hydrogen) atoms. The molecule has 0 aliphatic rings. The Kier molecular flexibility index (Phi) is 4.81. The van der Waals surface area contributed by atoms with Gasteiger partial charge in [-0.1, -0.05) is 20.3 Å². The lowest BCUT2D eigenvalue weighted by Gasteiger charge is -2.17. The second-order valence-corrected chi connectivity index (χ2v) is 2.79. The third kappa shape index (κ3) is 4.24. The normalized spacial score (nSPS) is 13.9. The second kappa shape index (κ2) is 5.15. The van der Waals surface area contributed by atoms with Gasteiger partial charge in [-0.25, -0.2) is 0 Å². The second-order valence-electron chi connectivity index (χ2n) is 2.79. The lowest BCUT2D eigenvalue weighted by Crippen LogP contribution is -2.18. The zero-order valence-electron chi connectivity index (χ0n) is 7.17. The first kappa shape index (κ1) is 9.34. The van der Waals surface area contributed by atoms with Gasteiger partial charge >= 0.3 is 0 Å². The van der Waals surface area contributed by atoms with Crippen molar-refractivity contribution in [2.45, 2.75) is 20.3 Å². The molecule has 2 nitrogen and oxygen atoms in total. The van der Waals surface area contributed by atoms with Gasteiger partial charge in [0.15, 0.2) is 0 Å². The van der Waals surface area contributed by atoms with E-state index in [1.807, 2.05) is 13.2 Å². The highest BCUT2D eigenvalue weighted by Gasteiger charge is 1.98. The van der Waals surface area contributed by atoms with Crippen molar-refractivity contribution in [2.24, 2.45) is 11.7 Å². The van der Waals surface area contributed by atoms with Crippen LogP contribution in [-0.4, -0.2) is 18.5 Å². The molecule has 0 aromatic rings. The molecule has 0 radical (unpaired) electrons. The SMILES string of the molecule is CCC(C)CN(C)/C=C\N. The summed E-state index contributed by atoms with van der Waals surface area (Å²) in [7, 11) is 2.04. The van der Waals surface area contributed by atoms with Gasteiger partial charge in [0.25, 0.3) is 0 Å². The molecular weight excluding hydrogens is 124 g/mol. The third-order valence-electron chi connectivity index (χ3n) is 1.64. The first-order valence-corrected chi connectivity index (χ1v) is 3.79. The maximum absolute atomic E-state index is 5.22. The molecule has 0 bridgehead atoms. The summed E-state index contributed by atoms with van der Waals surface area (Å²) in [6, 6.07) is 0. The van der Waals surface area contributed by atoms with Crippen molar-refractivity contribution < 1.29 is 0 Å². The highest BCUT2D eigenvalue weighted by molar-refractivity contribution is 4.75. The zero-order valence-corrected chi connectivity index (χ0v) is 7.17. The van der Waals surface area contributed by atoms with Crippen molar-refractivity contribution in [1.82, 2.24) is 4.90 Å². The number of hydrogen-bond donors (Lipinski definition) is 1. The quantitative estimate of drug-likeness (QED) is 0.642. The van der Waals surface area contributed by atoms with Crippen LogP contribution in [0.15, 0.2) is 12.4 Å². The monoisotopic (exact) mass is 142 g/mol. The first-order chi connectivity index (χ1) is 4.70. The summed E-state index contributed by atoms with van der Waals surface area (Å²) in [6.45, 7) is 5.52. The predicted molar refractivity (Wildman–Crippen MR) is 45.4 cm³/mol. The van der Waals surface area contributed by atoms with E-state index in [-0.39, 0.29) is 0 Å². The molecule has 0 saturated heterocycles. The average Bonchev–Trinajstić information content (AvgIpc) is 1.88. The molecule has 0 heterocycles. The summed E-state index contributed by atoms with van der Waals surface area (Å²) in [5.41, 5.74) is 5.22. The first-order valence-electron chi connectivity index (χ1n) is 3.79. The minimum absolute atomic E-state index is 0.751. The minimum atomic E-state index is 0.751. The van der Waals surface area contributed by atoms with Gasteiger partial charge in [-0.2, -0.15) is 0 Å². The van der Waals surface area contributed by atoms with E-state index in [4.69, 9.17) is 5.73 Å². The van der Waals surface area contributed by atoms with Crippen LogP contribution in [0, 0.1) is 5.92 Å². The molecule has 0 rings (SSSR count). The summed E-state index contributed by atoms with van der Waals surface area (Å²) in [5.74, 6) is 0.751. The van der Waals surface area contributed by atoms with Crippen LogP contribution in [-0.2, 0) is 0 Å². The van der Waals surface area contributed by atoms with E-state index in [9.17, 15) is 0 Å². The molecule has 0 aliphatic carbocycles. The van der Waals surface area contributed by atoms with Crippen LogP contribution in [0.4, 0.5) is 0 Å². The van der Waals surface area contributed by atoms with Gasteiger partial charge in [-0.3, -0.25) is 0 Å². The van der Waals surface area contributed by atoms with Crippen LogP contribution in [0.3, 0.4) is 0 Å². The average molecular weight is 142 g/mol. The topological polar surface area (TPSA) is 29.3 Å². The van der Waals surface area contributed by atoms with Gasteiger partial charge in [-0.05, 0) is 5.92 Å². The number of rotatable bonds is 4.